The summed E-state index contributed by atoms with van der Waals surface area (Å²) >= 11 is 3.41. The molecule has 0 bridgehead atoms. The summed E-state index contributed by atoms with van der Waals surface area (Å²) in [6.45, 7) is 2.05. The van der Waals surface area contributed by atoms with Crippen molar-refractivity contribution in [3.05, 3.63) is 40.6 Å². The van der Waals surface area contributed by atoms with Gasteiger partial charge in [-0.2, -0.15) is 0 Å². The van der Waals surface area contributed by atoms with Gasteiger partial charge in [0.05, 0.1) is 5.69 Å². The van der Waals surface area contributed by atoms with E-state index in [1.807, 2.05) is 24.3 Å². The second-order valence-electron chi connectivity index (χ2n) is 3.45. The van der Waals surface area contributed by atoms with Crippen LogP contribution in [0.3, 0.4) is 0 Å². The molecular formula is C12H12BrN3. The van der Waals surface area contributed by atoms with Crippen LogP contribution in [0.4, 0.5) is 5.82 Å². The third kappa shape index (κ3) is 2.07. The second-order valence-corrected chi connectivity index (χ2v) is 4.36. The molecule has 1 heterocycles. The summed E-state index contributed by atoms with van der Waals surface area (Å²) in [5.41, 5.74) is 8.83. The Hall–Kier alpha value is -1.42. The first kappa shape index (κ1) is 11.1. The topological polar surface area (TPSA) is 51.8 Å². The lowest BCUT2D eigenvalue weighted by Gasteiger charge is -2.08. The van der Waals surface area contributed by atoms with E-state index in [-0.39, 0.29) is 0 Å². The molecule has 0 radical (unpaired) electrons. The van der Waals surface area contributed by atoms with Crippen molar-refractivity contribution < 1.29 is 0 Å². The monoisotopic (exact) mass is 277 g/mol. The van der Waals surface area contributed by atoms with E-state index in [0.29, 0.717) is 5.82 Å². The predicted octanol–water partition coefficient (Wildman–Crippen LogP) is 3.05. The summed E-state index contributed by atoms with van der Waals surface area (Å²) in [4.78, 5) is 8.31. The van der Waals surface area contributed by atoms with Crippen molar-refractivity contribution in [2.24, 2.45) is 0 Å². The first-order chi connectivity index (χ1) is 7.72. The van der Waals surface area contributed by atoms with Gasteiger partial charge in [0.15, 0.2) is 0 Å². The van der Waals surface area contributed by atoms with Gasteiger partial charge < -0.3 is 5.73 Å². The van der Waals surface area contributed by atoms with Crippen molar-refractivity contribution in [1.82, 2.24) is 9.97 Å². The van der Waals surface area contributed by atoms with Crippen LogP contribution < -0.4 is 5.73 Å². The van der Waals surface area contributed by atoms with E-state index in [1.165, 1.54) is 6.33 Å². The molecule has 0 atom stereocenters. The number of anilines is 1. The van der Waals surface area contributed by atoms with Crippen LogP contribution in [-0.2, 0) is 6.42 Å². The number of hydrogen-bond donors (Lipinski definition) is 1. The zero-order valence-corrected chi connectivity index (χ0v) is 10.5. The molecular weight excluding hydrogens is 266 g/mol. The number of benzene rings is 1. The normalized spacial score (nSPS) is 10.4. The molecule has 0 aliphatic heterocycles. The molecule has 82 valence electrons. The van der Waals surface area contributed by atoms with Crippen molar-refractivity contribution in [3.63, 3.8) is 0 Å². The van der Waals surface area contributed by atoms with Gasteiger partial charge in [-0.1, -0.05) is 35.0 Å². The Bertz CT molecular complexity index is 494. The van der Waals surface area contributed by atoms with Gasteiger partial charge in [0.2, 0.25) is 0 Å². The number of nitrogens with two attached hydrogens (primary N) is 1. The molecule has 0 aliphatic rings. The highest BCUT2D eigenvalue weighted by molar-refractivity contribution is 9.10. The van der Waals surface area contributed by atoms with Crippen LogP contribution in [0.15, 0.2) is 35.1 Å². The van der Waals surface area contributed by atoms with E-state index in [4.69, 9.17) is 5.73 Å². The Morgan fingerprint density at radius 2 is 1.88 bits per heavy atom. The molecule has 0 spiro atoms. The predicted molar refractivity (Wildman–Crippen MR) is 69.0 cm³/mol. The smallest absolute Gasteiger partial charge is 0.130 e. The molecule has 0 saturated carbocycles. The van der Waals surface area contributed by atoms with Crippen LogP contribution in [0.5, 0.6) is 0 Å². The van der Waals surface area contributed by atoms with Crippen molar-refractivity contribution in [2.45, 2.75) is 13.3 Å². The third-order valence-corrected chi connectivity index (χ3v) is 2.98. The molecule has 0 amide bonds. The average Bonchev–Trinajstić information content (AvgIpc) is 2.30. The number of hydrogen-bond acceptors (Lipinski definition) is 3. The summed E-state index contributed by atoms with van der Waals surface area (Å²) in [7, 11) is 0. The molecule has 1 aromatic heterocycles. The molecule has 2 aromatic rings. The summed E-state index contributed by atoms with van der Waals surface area (Å²) < 4.78 is 1.05. The van der Waals surface area contributed by atoms with Crippen LogP contribution in [-0.4, -0.2) is 9.97 Å². The quantitative estimate of drug-likeness (QED) is 0.918. The highest BCUT2D eigenvalue weighted by Crippen LogP contribution is 2.25. The van der Waals surface area contributed by atoms with E-state index in [2.05, 4.69) is 32.8 Å². The molecule has 0 saturated heterocycles. The highest BCUT2D eigenvalue weighted by Gasteiger charge is 2.08. The molecule has 1 aromatic carbocycles. The minimum absolute atomic E-state index is 0.565. The third-order valence-electron chi connectivity index (χ3n) is 2.45. The van der Waals surface area contributed by atoms with Gasteiger partial charge in [0, 0.05) is 15.6 Å². The molecule has 16 heavy (non-hydrogen) atoms. The lowest BCUT2D eigenvalue weighted by Crippen LogP contribution is -2.01. The number of nitrogen functional groups attached to an aromatic ring is 1. The summed E-state index contributed by atoms with van der Waals surface area (Å²) in [5, 5.41) is 0. The zero-order valence-electron chi connectivity index (χ0n) is 8.94. The standard InChI is InChI=1S/C12H12BrN3/c1-2-10-11(15-7-16-12(10)14)8-3-5-9(13)6-4-8/h3-7H,2H2,1H3,(H2,14,15,16). The van der Waals surface area contributed by atoms with Crippen molar-refractivity contribution in [2.75, 3.05) is 5.73 Å². The summed E-state index contributed by atoms with van der Waals surface area (Å²) in [6.07, 6.45) is 2.34. The minimum atomic E-state index is 0.565. The van der Waals surface area contributed by atoms with Gasteiger partial charge in [-0.25, -0.2) is 9.97 Å². The van der Waals surface area contributed by atoms with Crippen LogP contribution in [0.25, 0.3) is 11.3 Å². The van der Waals surface area contributed by atoms with E-state index in [0.717, 1.165) is 27.7 Å². The minimum Gasteiger partial charge on any atom is -0.383 e. The van der Waals surface area contributed by atoms with Gasteiger partial charge in [-0.3, -0.25) is 0 Å². The van der Waals surface area contributed by atoms with Crippen LogP contribution in [0, 0.1) is 0 Å². The molecule has 0 aliphatic carbocycles. The molecule has 0 fully saturated rings. The van der Waals surface area contributed by atoms with Gasteiger partial charge in [0.25, 0.3) is 0 Å². The Kier molecular flexibility index (Phi) is 3.19. The van der Waals surface area contributed by atoms with Gasteiger partial charge in [-0.05, 0) is 18.6 Å². The summed E-state index contributed by atoms with van der Waals surface area (Å²) in [6, 6.07) is 8.02. The van der Waals surface area contributed by atoms with Crippen LogP contribution in [0.1, 0.15) is 12.5 Å². The Balaban J connectivity index is 2.55. The number of rotatable bonds is 2. The first-order valence-corrected chi connectivity index (χ1v) is 5.87. The Morgan fingerprint density at radius 3 is 2.50 bits per heavy atom. The van der Waals surface area contributed by atoms with Crippen molar-refractivity contribution in [3.8, 4) is 11.3 Å². The lowest BCUT2D eigenvalue weighted by atomic mass is 10.0. The van der Waals surface area contributed by atoms with Gasteiger partial charge in [0.1, 0.15) is 12.1 Å². The lowest BCUT2D eigenvalue weighted by molar-refractivity contribution is 1.06. The fourth-order valence-electron chi connectivity index (χ4n) is 1.63. The maximum absolute atomic E-state index is 5.84. The van der Waals surface area contributed by atoms with E-state index >= 15 is 0 Å². The number of halogens is 1. The average molecular weight is 278 g/mol. The van der Waals surface area contributed by atoms with Crippen LogP contribution in [0.2, 0.25) is 0 Å². The van der Waals surface area contributed by atoms with Crippen molar-refractivity contribution in [1.29, 1.82) is 0 Å². The Labute approximate surface area is 103 Å². The maximum Gasteiger partial charge on any atom is 0.130 e. The SMILES string of the molecule is CCc1c(N)ncnc1-c1ccc(Br)cc1. The highest BCUT2D eigenvalue weighted by atomic mass is 79.9. The maximum atomic E-state index is 5.84. The van der Waals surface area contributed by atoms with Crippen molar-refractivity contribution >= 4 is 21.7 Å². The van der Waals surface area contributed by atoms with E-state index in [9.17, 15) is 0 Å². The van der Waals surface area contributed by atoms with Crippen LogP contribution >= 0.6 is 15.9 Å². The summed E-state index contributed by atoms with van der Waals surface area (Å²) in [5.74, 6) is 0.565. The van der Waals surface area contributed by atoms with E-state index < -0.39 is 0 Å². The van der Waals surface area contributed by atoms with Gasteiger partial charge in [-0.15, -0.1) is 0 Å². The molecule has 0 unspecified atom stereocenters. The number of aromatic nitrogens is 2. The second kappa shape index (κ2) is 4.61. The fraction of sp³-hybridized carbons (Fsp3) is 0.167. The molecule has 2 N–H and O–H groups in total. The molecule has 3 nitrogen and oxygen atoms in total. The largest absolute Gasteiger partial charge is 0.383 e. The molecule has 2 rings (SSSR count). The fourth-order valence-corrected chi connectivity index (χ4v) is 1.90. The van der Waals surface area contributed by atoms with E-state index in [1.54, 1.807) is 0 Å². The van der Waals surface area contributed by atoms with Gasteiger partial charge >= 0.3 is 0 Å². The number of nitrogens with zero attached hydrogens (tertiary/aromatic N) is 2. The Morgan fingerprint density at radius 1 is 1.19 bits per heavy atom. The zero-order chi connectivity index (χ0) is 11.5. The molecule has 4 heteroatoms. The first-order valence-electron chi connectivity index (χ1n) is 5.07.